The van der Waals surface area contributed by atoms with E-state index < -0.39 is 0 Å². The Balaban J connectivity index is 2.94. The third kappa shape index (κ3) is 3.61. The van der Waals surface area contributed by atoms with Gasteiger partial charge >= 0.3 is 5.97 Å². The molecule has 0 aliphatic heterocycles. The van der Waals surface area contributed by atoms with Crippen LogP contribution in [0.5, 0.6) is 0 Å². The van der Waals surface area contributed by atoms with Crippen LogP contribution in [0.15, 0.2) is 16.6 Å². The van der Waals surface area contributed by atoms with Gasteiger partial charge in [-0.2, -0.15) is 0 Å². The van der Waals surface area contributed by atoms with E-state index in [2.05, 4.69) is 21.2 Å². The van der Waals surface area contributed by atoms with Gasteiger partial charge < -0.3 is 10.1 Å². The first-order valence-electron chi connectivity index (χ1n) is 5.29. The van der Waals surface area contributed by atoms with E-state index in [9.17, 15) is 4.79 Å². The Bertz CT molecular complexity index is 423. The lowest BCUT2D eigenvalue weighted by Crippen LogP contribution is -2.29. The number of rotatable bonds is 4. The van der Waals surface area contributed by atoms with E-state index in [-0.39, 0.29) is 12.0 Å². The zero-order valence-corrected chi connectivity index (χ0v) is 12.4. The van der Waals surface area contributed by atoms with Crippen LogP contribution in [0.1, 0.15) is 18.9 Å². The van der Waals surface area contributed by atoms with E-state index in [1.807, 2.05) is 19.9 Å². The molecule has 1 unspecified atom stereocenters. The monoisotopic (exact) mass is 319 g/mol. The Morgan fingerprint density at radius 2 is 2.24 bits per heavy atom. The molecule has 5 heteroatoms. The van der Waals surface area contributed by atoms with E-state index in [0.717, 1.165) is 15.7 Å². The fourth-order valence-electron chi connectivity index (χ4n) is 1.41. The smallest absolute Gasteiger partial charge is 0.328 e. The summed E-state index contributed by atoms with van der Waals surface area (Å²) in [6, 6.07) is 3.34. The number of halogens is 2. The molecule has 3 nitrogen and oxygen atoms in total. The molecule has 0 saturated heterocycles. The third-order valence-electron chi connectivity index (χ3n) is 2.47. The maximum Gasteiger partial charge on any atom is 0.328 e. The summed E-state index contributed by atoms with van der Waals surface area (Å²) >= 11 is 9.49. The van der Waals surface area contributed by atoms with Gasteiger partial charge in [0.05, 0.1) is 12.8 Å². The van der Waals surface area contributed by atoms with E-state index in [1.165, 1.54) is 7.11 Å². The van der Waals surface area contributed by atoms with Crippen LogP contribution in [0.4, 0.5) is 5.69 Å². The highest BCUT2D eigenvalue weighted by molar-refractivity contribution is 9.10. The van der Waals surface area contributed by atoms with Crippen molar-refractivity contribution in [1.29, 1.82) is 0 Å². The summed E-state index contributed by atoms with van der Waals surface area (Å²) in [6.45, 7) is 3.84. The number of anilines is 1. The first-order chi connectivity index (χ1) is 7.99. The molecule has 1 aromatic rings. The summed E-state index contributed by atoms with van der Waals surface area (Å²) in [5.74, 6) is -0.281. The van der Waals surface area contributed by atoms with Crippen molar-refractivity contribution in [1.82, 2.24) is 0 Å². The Kier molecular flexibility index (Phi) is 5.28. The number of aryl methyl sites for hydroxylation is 1. The van der Waals surface area contributed by atoms with E-state index in [0.29, 0.717) is 11.4 Å². The minimum Gasteiger partial charge on any atom is -0.467 e. The molecule has 0 amide bonds. The van der Waals surface area contributed by atoms with Crippen molar-refractivity contribution in [2.75, 3.05) is 12.4 Å². The number of hydrogen-bond acceptors (Lipinski definition) is 3. The molecule has 94 valence electrons. The second kappa shape index (κ2) is 6.26. The van der Waals surface area contributed by atoms with Crippen LogP contribution in [-0.2, 0) is 9.53 Å². The van der Waals surface area contributed by atoms with Crippen LogP contribution in [-0.4, -0.2) is 19.1 Å². The highest BCUT2D eigenvalue weighted by Gasteiger charge is 2.17. The normalized spacial score (nSPS) is 12.1. The van der Waals surface area contributed by atoms with Gasteiger partial charge in [-0.3, -0.25) is 0 Å². The van der Waals surface area contributed by atoms with Gasteiger partial charge in [-0.1, -0.05) is 18.5 Å². The Morgan fingerprint density at radius 1 is 1.59 bits per heavy atom. The standard InChI is InChI=1S/C12H15BrClNO2/c1-4-10(12(16)17-3)15-11-6-9(14)7(2)5-8(11)13/h5-6,10,15H,4H2,1-3H3. The molecule has 0 heterocycles. The molecule has 1 atom stereocenters. The lowest BCUT2D eigenvalue weighted by molar-refractivity contribution is -0.141. The van der Waals surface area contributed by atoms with Crippen LogP contribution >= 0.6 is 27.5 Å². The molecule has 0 radical (unpaired) electrons. The highest BCUT2D eigenvalue weighted by atomic mass is 79.9. The number of hydrogen-bond donors (Lipinski definition) is 1. The van der Waals surface area contributed by atoms with Crippen molar-refractivity contribution in [2.24, 2.45) is 0 Å². The lowest BCUT2D eigenvalue weighted by Gasteiger charge is -2.17. The molecular formula is C12H15BrClNO2. The van der Waals surface area contributed by atoms with E-state index in [1.54, 1.807) is 6.07 Å². The molecule has 0 bridgehead atoms. The maximum atomic E-state index is 11.5. The summed E-state index contributed by atoms with van der Waals surface area (Å²) in [7, 11) is 1.38. The summed E-state index contributed by atoms with van der Waals surface area (Å²) in [4.78, 5) is 11.5. The fourth-order valence-corrected chi connectivity index (χ4v) is 2.15. The minimum absolute atomic E-state index is 0.281. The number of benzene rings is 1. The van der Waals surface area contributed by atoms with Gasteiger partial charge in [-0.15, -0.1) is 0 Å². The first kappa shape index (κ1) is 14.3. The molecule has 0 aromatic heterocycles. The summed E-state index contributed by atoms with van der Waals surface area (Å²) in [5.41, 5.74) is 1.77. The van der Waals surface area contributed by atoms with Crippen LogP contribution in [0.3, 0.4) is 0 Å². The fraction of sp³-hybridized carbons (Fsp3) is 0.417. The highest BCUT2D eigenvalue weighted by Crippen LogP contribution is 2.29. The Labute approximate surface area is 115 Å². The van der Waals surface area contributed by atoms with Gasteiger partial charge in [0, 0.05) is 9.50 Å². The van der Waals surface area contributed by atoms with Crippen molar-refractivity contribution < 1.29 is 9.53 Å². The zero-order valence-electron chi connectivity index (χ0n) is 10.0. The maximum absolute atomic E-state index is 11.5. The SMILES string of the molecule is CCC(Nc1cc(Cl)c(C)cc1Br)C(=O)OC. The van der Waals surface area contributed by atoms with Gasteiger partial charge in [0.1, 0.15) is 6.04 Å². The molecule has 0 saturated carbocycles. The summed E-state index contributed by atoms with van der Waals surface area (Å²) < 4.78 is 5.60. The summed E-state index contributed by atoms with van der Waals surface area (Å²) in [6.07, 6.45) is 0.643. The van der Waals surface area contributed by atoms with Crippen LogP contribution in [0.25, 0.3) is 0 Å². The number of ether oxygens (including phenoxy) is 1. The van der Waals surface area contributed by atoms with Crippen LogP contribution in [0, 0.1) is 6.92 Å². The number of carbonyl (C=O) groups excluding carboxylic acids is 1. The van der Waals surface area contributed by atoms with Crippen molar-refractivity contribution in [3.63, 3.8) is 0 Å². The molecule has 1 rings (SSSR count). The largest absolute Gasteiger partial charge is 0.467 e. The molecule has 0 aliphatic rings. The Morgan fingerprint density at radius 3 is 2.76 bits per heavy atom. The predicted octanol–water partition coefficient (Wildman–Crippen LogP) is 3.77. The van der Waals surface area contributed by atoms with Crippen LogP contribution in [0.2, 0.25) is 5.02 Å². The topological polar surface area (TPSA) is 38.3 Å². The number of esters is 1. The average molecular weight is 321 g/mol. The first-order valence-corrected chi connectivity index (χ1v) is 6.46. The van der Waals surface area contributed by atoms with Gasteiger partial charge in [-0.25, -0.2) is 4.79 Å². The summed E-state index contributed by atoms with van der Waals surface area (Å²) in [5, 5.41) is 3.77. The van der Waals surface area contributed by atoms with Crippen molar-refractivity contribution in [3.05, 3.63) is 27.2 Å². The van der Waals surface area contributed by atoms with Crippen molar-refractivity contribution in [3.8, 4) is 0 Å². The van der Waals surface area contributed by atoms with E-state index >= 15 is 0 Å². The molecule has 1 N–H and O–H groups in total. The number of nitrogens with one attached hydrogen (secondary N) is 1. The molecule has 0 aliphatic carbocycles. The second-order valence-corrected chi connectivity index (χ2v) is 4.97. The molecule has 17 heavy (non-hydrogen) atoms. The predicted molar refractivity (Wildman–Crippen MR) is 73.6 cm³/mol. The van der Waals surface area contributed by atoms with Gasteiger partial charge in [0.15, 0.2) is 0 Å². The lowest BCUT2D eigenvalue weighted by atomic mass is 10.2. The molecule has 0 fully saturated rings. The van der Waals surface area contributed by atoms with E-state index in [4.69, 9.17) is 16.3 Å². The third-order valence-corrected chi connectivity index (χ3v) is 3.54. The number of methoxy groups -OCH3 is 1. The quantitative estimate of drug-likeness (QED) is 0.858. The minimum atomic E-state index is -0.366. The van der Waals surface area contributed by atoms with Gasteiger partial charge in [0.2, 0.25) is 0 Å². The Hall–Kier alpha value is -0.740. The van der Waals surface area contributed by atoms with Crippen molar-refractivity contribution >= 4 is 39.2 Å². The molecular weight excluding hydrogens is 305 g/mol. The van der Waals surface area contributed by atoms with Gasteiger partial charge in [0.25, 0.3) is 0 Å². The van der Waals surface area contributed by atoms with Gasteiger partial charge in [-0.05, 0) is 47.0 Å². The molecule has 0 spiro atoms. The van der Waals surface area contributed by atoms with Crippen molar-refractivity contribution in [2.45, 2.75) is 26.3 Å². The molecule has 1 aromatic carbocycles. The second-order valence-electron chi connectivity index (χ2n) is 3.71. The average Bonchev–Trinajstić information content (AvgIpc) is 2.31. The number of carbonyl (C=O) groups is 1. The zero-order chi connectivity index (χ0) is 13.0. The van der Waals surface area contributed by atoms with Crippen LogP contribution < -0.4 is 5.32 Å².